The van der Waals surface area contributed by atoms with Crippen molar-refractivity contribution in [2.24, 2.45) is 0 Å². The third-order valence-electron chi connectivity index (χ3n) is 3.46. The van der Waals surface area contributed by atoms with E-state index in [1.54, 1.807) is 18.2 Å². The first-order valence-electron chi connectivity index (χ1n) is 6.61. The minimum Gasteiger partial charge on any atom is -0.310 e. The molecule has 1 aliphatic carbocycles. The van der Waals surface area contributed by atoms with Gasteiger partial charge in [-0.1, -0.05) is 23.7 Å². The predicted octanol–water partition coefficient (Wildman–Crippen LogP) is 4.54. The molecule has 0 bridgehead atoms. The minimum atomic E-state index is -0.556. The molecular weight excluding hydrogens is 280 g/mol. The number of hydrogen-bond acceptors (Lipinski definition) is 1. The zero-order valence-corrected chi connectivity index (χ0v) is 11.6. The first-order valence-corrected chi connectivity index (χ1v) is 6.99. The van der Waals surface area contributed by atoms with E-state index in [2.05, 4.69) is 5.32 Å². The number of halogens is 3. The summed E-state index contributed by atoms with van der Waals surface area (Å²) in [5.41, 5.74) is 1.38. The summed E-state index contributed by atoms with van der Waals surface area (Å²) in [5, 5.41) is 3.91. The van der Waals surface area contributed by atoms with Gasteiger partial charge in [0, 0.05) is 17.6 Å². The van der Waals surface area contributed by atoms with Crippen LogP contribution in [-0.2, 0) is 6.54 Å². The van der Waals surface area contributed by atoms with Crippen LogP contribution < -0.4 is 5.32 Å². The van der Waals surface area contributed by atoms with Crippen molar-refractivity contribution in [2.45, 2.75) is 25.4 Å². The highest BCUT2D eigenvalue weighted by Gasteiger charge is 2.21. The molecule has 0 spiro atoms. The van der Waals surface area contributed by atoms with Gasteiger partial charge in [0.1, 0.15) is 11.6 Å². The van der Waals surface area contributed by atoms with Crippen molar-refractivity contribution in [1.82, 2.24) is 5.32 Å². The van der Waals surface area contributed by atoms with Crippen molar-refractivity contribution in [2.75, 3.05) is 0 Å². The van der Waals surface area contributed by atoms with Crippen molar-refractivity contribution in [1.29, 1.82) is 0 Å². The molecule has 104 valence electrons. The standard InChI is InChI=1S/C16H14ClF2N/c17-11-4-7-13(10(8-11)9-20-12-5-6-12)16-14(18)2-1-3-15(16)19/h1-4,7-8,12,20H,5-6,9H2. The van der Waals surface area contributed by atoms with Gasteiger partial charge < -0.3 is 5.32 Å². The second-order valence-corrected chi connectivity index (χ2v) is 5.49. The normalized spacial score (nSPS) is 14.6. The molecule has 0 heterocycles. The number of rotatable bonds is 4. The molecular formula is C16H14ClF2N. The maximum atomic E-state index is 13.9. The van der Waals surface area contributed by atoms with E-state index in [1.165, 1.54) is 18.2 Å². The van der Waals surface area contributed by atoms with Crippen molar-refractivity contribution in [3.8, 4) is 11.1 Å². The van der Waals surface area contributed by atoms with Crippen molar-refractivity contribution in [3.63, 3.8) is 0 Å². The van der Waals surface area contributed by atoms with Gasteiger partial charge in [-0.25, -0.2) is 8.78 Å². The summed E-state index contributed by atoms with van der Waals surface area (Å²) in [7, 11) is 0. The Bertz CT molecular complexity index is 618. The molecule has 0 atom stereocenters. The van der Waals surface area contributed by atoms with Gasteiger partial charge >= 0.3 is 0 Å². The summed E-state index contributed by atoms with van der Waals surface area (Å²) in [6.45, 7) is 0.564. The zero-order chi connectivity index (χ0) is 14.1. The second kappa shape index (κ2) is 5.51. The molecule has 1 N–H and O–H groups in total. The van der Waals surface area contributed by atoms with E-state index >= 15 is 0 Å². The van der Waals surface area contributed by atoms with E-state index < -0.39 is 11.6 Å². The van der Waals surface area contributed by atoms with Crippen LogP contribution in [0, 0.1) is 11.6 Å². The van der Waals surface area contributed by atoms with Crippen molar-refractivity contribution >= 4 is 11.6 Å². The minimum absolute atomic E-state index is 0.0109. The van der Waals surface area contributed by atoms with E-state index in [0.717, 1.165) is 18.4 Å². The third kappa shape index (κ3) is 2.84. The molecule has 1 aliphatic rings. The monoisotopic (exact) mass is 293 g/mol. The molecule has 20 heavy (non-hydrogen) atoms. The van der Waals surface area contributed by atoms with Crippen molar-refractivity contribution in [3.05, 3.63) is 58.6 Å². The highest BCUT2D eigenvalue weighted by Crippen LogP contribution is 2.31. The van der Waals surface area contributed by atoms with Gasteiger partial charge in [0.05, 0.1) is 5.56 Å². The van der Waals surface area contributed by atoms with Crippen LogP contribution in [0.3, 0.4) is 0 Å². The average Bonchev–Trinajstić information content (AvgIpc) is 3.22. The lowest BCUT2D eigenvalue weighted by molar-refractivity contribution is 0.588. The molecule has 1 nitrogen and oxygen atoms in total. The number of nitrogens with one attached hydrogen (secondary N) is 1. The molecule has 4 heteroatoms. The lowest BCUT2D eigenvalue weighted by atomic mass is 9.98. The fraction of sp³-hybridized carbons (Fsp3) is 0.250. The molecule has 2 aromatic rings. The molecule has 1 saturated carbocycles. The topological polar surface area (TPSA) is 12.0 Å². The predicted molar refractivity (Wildman–Crippen MR) is 76.7 cm³/mol. The van der Waals surface area contributed by atoms with Crippen molar-refractivity contribution < 1.29 is 8.78 Å². The van der Waals surface area contributed by atoms with Crippen LogP contribution >= 0.6 is 11.6 Å². The zero-order valence-electron chi connectivity index (χ0n) is 10.8. The Hall–Kier alpha value is -1.45. The Morgan fingerprint density at radius 1 is 1.10 bits per heavy atom. The number of benzene rings is 2. The summed E-state index contributed by atoms with van der Waals surface area (Å²) in [5.74, 6) is -1.11. The van der Waals surface area contributed by atoms with E-state index in [-0.39, 0.29) is 5.56 Å². The molecule has 0 aromatic heterocycles. The molecule has 3 rings (SSSR count). The van der Waals surface area contributed by atoms with E-state index in [9.17, 15) is 8.78 Å². The summed E-state index contributed by atoms with van der Waals surface area (Å²) in [4.78, 5) is 0. The van der Waals surface area contributed by atoms with E-state index in [0.29, 0.717) is 23.2 Å². The van der Waals surface area contributed by atoms with Crippen LogP contribution in [0.1, 0.15) is 18.4 Å². The molecule has 0 amide bonds. The summed E-state index contributed by atoms with van der Waals surface area (Å²) < 4.78 is 27.9. The Balaban J connectivity index is 2.02. The van der Waals surface area contributed by atoms with E-state index in [4.69, 9.17) is 11.6 Å². The first kappa shape index (κ1) is 13.5. The Kier molecular flexibility index (Phi) is 3.72. The van der Waals surface area contributed by atoms with Crippen LogP contribution in [0.5, 0.6) is 0 Å². The van der Waals surface area contributed by atoms with Crippen LogP contribution in [-0.4, -0.2) is 6.04 Å². The summed E-state index contributed by atoms with van der Waals surface area (Å²) >= 11 is 6.00. The van der Waals surface area contributed by atoms with Crippen LogP contribution in [0.15, 0.2) is 36.4 Å². The second-order valence-electron chi connectivity index (χ2n) is 5.05. The Morgan fingerprint density at radius 2 is 1.80 bits per heavy atom. The number of hydrogen-bond donors (Lipinski definition) is 1. The quantitative estimate of drug-likeness (QED) is 0.873. The molecule has 0 saturated heterocycles. The SMILES string of the molecule is Fc1cccc(F)c1-c1ccc(Cl)cc1CNC1CC1. The highest BCUT2D eigenvalue weighted by molar-refractivity contribution is 6.30. The molecule has 0 unspecified atom stereocenters. The maximum Gasteiger partial charge on any atom is 0.133 e. The Labute approximate surface area is 121 Å². The molecule has 1 fully saturated rings. The maximum absolute atomic E-state index is 13.9. The molecule has 2 aromatic carbocycles. The lowest BCUT2D eigenvalue weighted by Crippen LogP contribution is -2.16. The first-order chi connectivity index (χ1) is 9.65. The van der Waals surface area contributed by atoms with Gasteiger partial charge in [-0.05, 0) is 48.2 Å². The summed E-state index contributed by atoms with van der Waals surface area (Å²) in [6, 6.07) is 9.52. The van der Waals surface area contributed by atoms with Gasteiger partial charge in [-0.3, -0.25) is 0 Å². The smallest absolute Gasteiger partial charge is 0.133 e. The highest BCUT2D eigenvalue weighted by atomic mass is 35.5. The van der Waals surface area contributed by atoms with Crippen LogP contribution in [0.25, 0.3) is 11.1 Å². The van der Waals surface area contributed by atoms with Gasteiger partial charge in [-0.15, -0.1) is 0 Å². The van der Waals surface area contributed by atoms with E-state index in [1.807, 2.05) is 0 Å². The fourth-order valence-corrected chi connectivity index (χ4v) is 2.44. The molecule has 0 aliphatic heterocycles. The fourth-order valence-electron chi connectivity index (χ4n) is 2.25. The van der Waals surface area contributed by atoms with Gasteiger partial charge in [0.25, 0.3) is 0 Å². The largest absolute Gasteiger partial charge is 0.310 e. The van der Waals surface area contributed by atoms with Gasteiger partial charge in [-0.2, -0.15) is 0 Å². The summed E-state index contributed by atoms with van der Waals surface area (Å²) in [6.07, 6.45) is 2.31. The van der Waals surface area contributed by atoms with Crippen LogP contribution in [0.2, 0.25) is 5.02 Å². The molecule has 0 radical (unpaired) electrons. The third-order valence-corrected chi connectivity index (χ3v) is 3.69. The lowest BCUT2D eigenvalue weighted by Gasteiger charge is -2.12. The Morgan fingerprint density at radius 3 is 2.45 bits per heavy atom. The van der Waals surface area contributed by atoms with Gasteiger partial charge in [0.15, 0.2) is 0 Å². The van der Waals surface area contributed by atoms with Crippen LogP contribution in [0.4, 0.5) is 8.78 Å². The van der Waals surface area contributed by atoms with Gasteiger partial charge in [0.2, 0.25) is 0 Å². The average molecular weight is 294 g/mol.